The second kappa shape index (κ2) is 4.22. The summed E-state index contributed by atoms with van der Waals surface area (Å²) in [4.78, 5) is 15.8. The Morgan fingerprint density at radius 1 is 1.50 bits per heavy atom. The fourth-order valence-corrected chi connectivity index (χ4v) is 1.15. The van der Waals surface area contributed by atoms with Crippen molar-refractivity contribution < 1.29 is 9.53 Å². The fraction of sp³-hybridized carbons (Fsp3) is 0.455. The predicted octanol–water partition coefficient (Wildman–Crippen LogP) is 1.92. The first kappa shape index (κ1) is 10.7. The topological polar surface area (TPSA) is 39.2 Å². The van der Waals surface area contributed by atoms with Crippen LogP contribution in [-0.4, -0.2) is 17.6 Å². The van der Waals surface area contributed by atoms with Gasteiger partial charge in [0.05, 0.1) is 12.3 Å². The van der Waals surface area contributed by atoms with E-state index >= 15 is 0 Å². The number of carbonyl (C=O) groups is 1. The molecular weight excluding hydrogens is 178 g/mol. The summed E-state index contributed by atoms with van der Waals surface area (Å²) in [7, 11) is 0. The summed E-state index contributed by atoms with van der Waals surface area (Å²) in [6.07, 6.45) is 1.68. The molecule has 3 nitrogen and oxygen atoms in total. The maximum atomic E-state index is 11.6. The molecule has 0 unspecified atom stereocenters. The van der Waals surface area contributed by atoms with Crippen LogP contribution in [-0.2, 0) is 14.9 Å². The SMILES string of the molecule is CCOC(=O)C(C)(C)c1ccccn1. The number of hydrogen-bond donors (Lipinski definition) is 0. The monoisotopic (exact) mass is 193 g/mol. The molecule has 0 radical (unpaired) electrons. The van der Waals surface area contributed by atoms with Crippen LogP contribution in [0.15, 0.2) is 24.4 Å². The molecule has 0 spiro atoms. The Labute approximate surface area is 84.1 Å². The zero-order valence-electron chi connectivity index (χ0n) is 8.78. The molecule has 0 aliphatic carbocycles. The summed E-state index contributed by atoms with van der Waals surface area (Å²) in [5.74, 6) is -0.237. The first-order valence-corrected chi connectivity index (χ1v) is 4.67. The highest BCUT2D eigenvalue weighted by Crippen LogP contribution is 2.22. The third-order valence-electron chi connectivity index (χ3n) is 2.09. The van der Waals surface area contributed by atoms with Crippen LogP contribution in [0.4, 0.5) is 0 Å². The Hall–Kier alpha value is -1.38. The molecule has 0 saturated carbocycles. The highest BCUT2D eigenvalue weighted by atomic mass is 16.5. The van der Waals surface area contributed by atoms with Crippen LogP contribution in [0.5, 0.6) is 0 Å². The van der Waals surface area contributed by atoms with Gasteiger partial charge in [-0.3, -0.25) is 9.78 Å². The van der Waals surface area contributed by atoms with Crippen LogP contribution >= 0.6 is 0 Å². The molecule has 0 aliphatic heterocycles. The van der Waals surface area contributed by atoms with E-state index in [-0.39, 0.29) is 5.97 Å². The number of aromatic nitrogens is 1. The maximum Gasteiger partial charge on any atom is 0.317 e. The molecule has 0 fully saturated rings. The molecule has 0 aromatic carbocycles. The zero-order valence-corrected chi connectivity index (χ0v) is 8.78. The predicted molar refractivity (Wildman–Crippen MR) is 53.9 cm³/mol. The van der Waals surface area contributed by atoms with E-state index in [1.54, 1.807) is 13.1 Å². The summed E-state index contributed by atoms with van der Waals surface area (Å²) >= 11 is 0. The second-order valence-electron chi connectivity index (χ2n) is 3.56. The summed E-state index contributed by atoms with van der Waals surface area (Å²) in [6.45, 7) is 5.82. The Bertz CT molecular complexity index is 306. The van der Waals surface area contributed by atoms with E-state index in [1.807, 2.05) is 32.0 Å². The van der Waals surface area contributed by atoms with Crippen molar-refractivity contribution in [2.24, 2.45) is 0 Å². The molecule has 1 aromatic rings. The van der Waals surface area contributed by atoms with E-state index in [1.165, 1.54) is 0 Å². The van der Waals surface area contributed by atoms with Crippen LogP contribution in [0, 0.1) is 0 Å². The highest BCUT2D eigenvalue weighted by Gasteiger charge is 2.32. The number of carbonyl (C=O) groups excluding carboxylic acids is 1. The Kier molecular flexibility index (Phi) is 3.23. The van der Waals surface area contributed by atoms with E-state index in [0.29, 0.717) is 6.61 Å². The van der Waals surface area contributed by atoms with Gasteiger partial charge in [-0.05, 0) is 32.9 Å². The van der Waals surface area contributed by atoms with E-state index in [9.17, 15) is 4.79 Å². The molecule has 0 N–H and O–H groups in total. The Morgan fingerprint density at radius 2 is 2.21 bits per heavy atom. The Balaban J connectivity index is 2.90. The van der Waals surface area contributed by atoms with Crippen molar-refractivity contribution in [3.8, 4) is 0 Å². The first-order chi connectivity index (χ1) is 6.59. The standard InChI is InChI=1S/C11H15NO2/c1-4-14-10(13)11(2,3)9-7-5-6-8-12-9/h5-8H,4H2,1-3H3. The summed E-state index contributed by atoms with van der Waals surface area (Å²) in [6, 6.07) is 5.52. The van der Waals surface area contributed by atoms with Crippen LogP contribution in [0.3, 0.4) is 0 Å². The molecule has 3 heteroatoms. The molecular formula is C11H15NO2. The van der Waals surface area contributed by atoms with Crippen molar-refractivity contribution in [2.45, 2.75) is 26.2 Å². The minimum absolute atomic E-state index is 0.237. The quantitative estimate of drug-likeness (QED) is 0.688. The molecule has 1 heterocycles. The zero-order chi connectivity index (χ0) is 10.6. The molecule has 0 atom stereocenters. The van der Waals surface area contributed by atoms with E-state index < -0.39 is 5.41 Å². The third-order valence-corrected chi connectivity index (χ3v) is 2.09. The van der Waals surface area contributed by atoms with Gasteiger partial charge < -0.3 is 4.74 Å². The van der Waals surface area contributed by atoms with Gasteiger partial charge in [-0.2, -0.15) is 0 Å². The molecule has 76 valence electrons. The number of rotatable bonds is 3. The summed E-state index contributed by atoms with van der Waals surface area (Å²) in [5.41, 5.74) is 0.0653. The first-order valence-electron chi connectivity index (χ1n) is 4.67. The molecule has 1 rings (SSSR count). The molecule has 1 aromatic heterocycles. The normalized spacial score (nSPS) is 11.1. The summed E-state index contributed by atoms with van der Waals surface area (Å²) < 4.78 is 4.98. The van der Waals surface area contributed by atoms with Gasteiger partial charge >= 0.3 is 5.97 Å². The van der Waals surface area contributed by atoms with Crippen LogP contribution in [0.1, 0.15) is 26.5 Å². The van der Waals surface area contributed by atoms with Crippen molar-refractivity contribution >= 4 is 5.97 Å². The molecule has 0 aliphatic rings. The number of pyridine rings is 1. The fourth-order valence-electron chi connectivity index (χ4n) is 1.15. The van der Waals surface area contributed by atoms with Gasteiger partial charge in [0.25, 0.3) is 0 Å². The number of hydrogen-bond acceptors (Lipinski definition) is 3. The maximum absolute atomic E-state index is 11.6. The molecule has 14 heavy (non-hydrogen) atoms. The smallest absolute Gasteiger partial charge is 0.317 e. The van der Waals surface area contributed by atoms with Crippen LogP contribution in [0.25, 0.3) is 0 Å². The molecule has 0 saturated heterocycles. The van der Waals surface area contributed by atoms with Crippen molar-refractivity contribution in [2.75, 3.05) is 6.61 Å². The van der Waals surface area contributed by atoms with Gasteiger partial charge in [0.2, 0.25) is 0 Å². The van der Waals surface area contributed by atoms with E-state index in [0.717, 1.165) is 5.69 Å². The number of ether oxygens (including phenoxy) is 1. The average molecular weight is 193 g/mol. The second-order valence-corrected chi connectivity index (χ2v) is 3.56. The van der Waals surface area contributed by atoms with E-state index in [2.05, 4.69) is 4.98 Å². The Morgan fingerprint density at radius 3 is 2.71 bits per heavy atom. The van der Waals surface area contributed by atoms with Crippen LogP contribution < -0.4 is 0 Å². The number of esters is 1. The van der Waals surface area contributed by atoms with Gasteiger partial charge in [-0.25, -0.2) is 0 Å². The van der Waals surface area contributed by atoms with Gasteiger partial charge in [-0.15, -0.1) is 0 Å². The van der Waals surface area contributed by atoms with Gasteiger partial charge in [0.15, 0.2) is 0 Å². The minimum Gasteiger partial charge on any atom is -0.465 e. The van der Waals surface area contributed by atoms with Gasteiger partial charge in [0, 0.05) is 6.20 Å². The van der Waals surface area contributed by atoms with Crippen molar-refractivity contribution in [1.82, 2.24) is 4.98 Å². The van der Waals surface area contributed by atoms with Crippen molar-refractivity contribution in [3.05, 3.63) is 30.1 Å². The minimum atomic E-state index is -0.669. The molecule has 0 amide bonds. The summed E-state index contributed by atoms with van der Waals surface area (Å²) in [5, 5.41) is 0. The largest absolute Gasteiger partial charge is 0.465 e. The lowest BCUT2D eigenvalue weighted by Crippen LogP contribution is -2.31. The van der Waals surface area contributed by atoms with Crippen molar-refractivity contribution in [1.29, 1.82) is 0 Å². The van der Waals surface area contributed by atoms with Gasteiger partial charge in [0.1, 0.15) is 5.41 Å². The third kappa shape index (κ3) is 2.10. The van der Waals surface area contributed by atoms with Crippen molar-refractivity contribution in [3.63, 3.8) is 0 Å². The average Bonchev–Trinajstić information content (AvgIpc) is 2.19. The highest BCUT2D eigenvalue weighted by molar-refractivity contribution is 5.81. The van der Waals surface area contributed by atoms with E-state index in [4.69, 9.17) is 4.74 Å². The van der Waals surface area contributed by atoms with Crippen LogP contribution in [0.2, 0.25) is 0 Å². The lowest BCUT2D eigenvalue weighted by Gasteiger charge is -2.21. The molecule has 0 bridgehead atoms. The lowest BCUT2D eigenvalue weighted by molar-refractivity contribution is -0.148. The van der Waals surface area contributed by atoms with Gasteiger partial charge in [-0.1, -0.05) is 6.07 Å². The number of nitrogens with zero attached hydrogens (tertiary/aromatic N) is 1. The lowest BCUT2D eigenvalue weighted by atomic mass is 9.89.